The van der Waals surface area contributed by atoms with E-state index in [2.05, 4.69) is 5.32 Å². The van der Waals surface area contributed by atoms with Crippen molar-refractivity contribution in [1.82, 2.24) is 0 Å². The van der Waals surface area contributed by atoms with Gasteiger partial charge in [0, 0.05) is 34.7 Å². The van der Waals surface area contributed by atoms with Crippen molar-refractivity contribution in [2.75, 3.05) is 29.1 Å². The van der Waals surface area contributed by atoms with Gasteiger partial charge in [-0.15, -0.1) is 0 Å². The van der Waals surface area contributed by atoms with Crippen LogP contribution in [-0.4, -0.2) is 29.1 Å². The molecule has 1 atom stereocenters. The molecule has 1 saturated heterocycles. The number of hydrogen-bond donors (Lipinski definition) is 1. The molecule has 0 saturated carbocycles. The van der Waals surface area contributed by atoms with Crippen molar-refractivity contribution in [1.29, 1.82) is 5.26 Å². The fourth-order valence-electron chi connectivity index (χ4n) is 1.60. The molecule has 1 aliphatic heterocycles. The van der Waals surface area contributed by atoms with E-state index in [1.807, 2.05) is 29.6 Å². The average Bonchev–Trinajstić information content (AvgIpc) is 2.38. The first-order valence-corrected chi connectivity index (χ1v) is 7.63. The SMILES string of the molecule is N#Cc1ccc(NCC2CSCCS2)cc1F. The fourth-order valence-corrected chi connectivity index (χ4v) is 4.21. The van der Waals surface area contributed by atoms with Crippen molar-refractivity contribution in [2.45, 2.75) is 5.25 Å². The zero-order valence-electron chi connectivity index (χ0n) is 9.28. The number of anilines is 1. The quantitative estimate of drug-likeness (QED) is 0.914. The van der Waals surface area contributed by atoms with Crippen LogP contribution in [0.15, 0.2) is 18.2 Å². The van der Waals surface area contributed by atoms with Gasteiger partial charge in [0.25, 0.3) is 0 Å². The first-order chi connectivity index (χ1) is 8.29. The Morgan fingerprint density at radius 2 is 2.35 bits per heavy atom. The maximum Gasteiger partial charge on any atom is 0.143 e. The van der Waals surface area contributed by atoms with Crippen molar-refractivity contribution >= 4 is 29.2 Å². The molecule has 90 valence electrons. The molecular formula is C12H13FN2S2. The standard InChI is InChI=1S/C12H13FN2S2/c13-12-5-10(2-1-9(12)6-14)15-7-11-8-16-3-4-17-11/h1-2,5,11,15H,3-4,7-8H2. The van der Waals surface area contributed by atoms with Gasteiger partial charge in [0.1, 0.15) is 11.9 Å². The molecule has 0 radical (unpaired) electrons. The second-order valence-electron chi connectivity index (χ2n) is 3.76. The largest absolute Gasteiger partial charge is 0.384 e. The third kappa shape index (κ3) is 3.55. The van der Waals surface area contributed by atoms with Gasteiger partial charge in [-0.25, -0.2) is 4.39 Å². The van der Waals surface area contributed by atoms with E-state index in [9.17, 15) is 4.39 Å². The van der Waals surface area contributed by atoms with Crippen molar-refractivity contribution in [3.8, 4) is 6.07 Å². The monoisotopic (exact) mass is 268 g/mol. The number of nitrogens with one attached hydrogen (secondary N) is 1. The summed E-state index contributed by atoms with van der Waals surface area (Å²) in [4.78, 5) is 0. The first kappa shape index (κ1) is 12.6. The maximum absolute atomic E-state index is 13.3. The van der Waals surface area contributed by atoms with Crippen LogP contribution < -0.4 is 5.32 Å². The molecule has 2 nitrogen and oxygen atoms in total. The molecule has 2 rings (SSSR count). The van der Waals surface area contributed by atoms with Gasteiger partial charge in [-0.3, -0.25) is 0 Å². The molecule has 0 bridgehead atoms. The van der Waals surface area contributed by atoms with Crippen molar-refractivity contribution in [2.24, 2.45) is 0 Å². The summed E-state index contributed by atoms with van der Waals surface area (Å²) in [6.45, 7) is 0.850. The molecule has 1 aromatic carbocycles. The summed E-state index contributed by atoms with van der Waals surface area (Å²) < 4.78 is 13.3. The lowest BCUT2D eigenvalue weighted by Crippen LogP contribution is -2.23. The molecule has 1 fully saturated rings. The summed E-state index contributed by atoms with van der Waals surface area (Å²) in [5.41, 5.74) is 0.843. The molecule has 1 aromatic rings. The minimum absolute atomic E-state index is 0.0955. The Kier molecular flexibility index (Phi) is 4.57. The predicted molar refractivity (Wildman–Crippen MR) is 73.2 cm³/mol. The Bertz CT molecular complexity index is 425. The van der Waals surface area contributed by atoms with Gasteiger partial charge >= 0.3 is 0 Å². The molecule has 1 heterocycles. The van der Waals surface area contributed by atoms with Crippen LogP contribution >= 0.6 is 23.5 Å². The number of hydrogen-bond acceptors (Lipinski definition) is 4. The summed E-state index contributed by atoms with van der Waals surface area (Å²) in [6.07, 6.45) is 0. The molecule has 5 heteroatoms. The maximum atomic E-state index is 13.3. The van der Waals surface area contributed by atoms with Crippen LogP contribution in [-0.2, 0) is 0 Å². The zero-order valence-corrected chi connectivity index (χ0v) is 10.9. The Balaban J connectivity index is 1.90. The molecule has 1 N–H and O–H groups in total. The second kappa shape index (κ2) is 6.18. The molecule has 17 heavy (non-hydrogen) atoms. The van der Waals surface area contributed by atoms with Crippen molar-refractivity contribution in [3.05, 3.63) is 29.6 Å². The minimum atomic E-state index is -0.455. The number of thioether (sulfide) groups is 2. The Labute approximate surface area is 109 Å². The van der Waals surface area contributed by atoms with Crippen LogP contribution in [0.25, 0.3) is 0 Å². The fraction of sp³-hybridized carbons (Fsp3) is 0.417. The highest BCUT2D eigenvalue weighted by Crippen LogP contribution is 2.24. The van der Waals surface area contributed by atoms with E-state index in [-0.39, 0.29) is 5.56 Å². The van der Waals surface area contributed by atoms with E-state index in [1.54, 1.807) is 6.07 Å². The minimum Gasteiger partial charge on any atom is -0.384 e. The summed E-state index contributed by atoms with van der Waals surface area (Å²) in [7, 11) is 0. The molecule has 1 aliphatic rings. The molecule has 0 spiro atoms. The Hall–Kier alpha value is -0.860. The summed E-state index contributed by atoms with van der Waals surface area (Å²) in [6, 6.07) is 6.47. The van der Waals surface area contributed by atoms with Crippen LogP contribution in [0.2, 0.25) is 0 Å². The third-order valence-electron chi connectivity index (χ3n) is 2.51. The molecule has 0 amide bonds. The molecular weight excluding hydrogens is 255 g/mol. The second-order valence-corrected chi connectivity index (χ2v) is 6.31. The summed E-state index contributed by atoms with van der Waals surface area (Å²) >= 11 is 3.93. The Morgan fingerprint density at radius 1 is 1.47 bits per heavy atom. The lowest BCUT2D eigenvalue weighted by atomic mass is 10.2. The summed E-state index contributed by atoms with van der Waals surface area (Å²) in [5, 5.41) is 12.4. The molecule has 1 unspecified atom stereocenters. The van der Waals surface area contributed by atoms with Crippen LogP contribution in [0, 0.1) is 17.1 Å². The lowest BCUT2D eigenvalue weighted by Gasteiger charge is -2.21. The highest BCUT2D eigenvalue weighted by molar-refractivity contribution is 8.06. The van der Waals surface area contributed by atoms with Gasteiger partial charge < -0.3 is 5.32 Å². The predicted octanol–water partition coefficient (Wildman–Crippen LogP) is 2.96. The van der Waals surface area contributed by atoms with E-state index < -0.39 is 5.82 Å². The van der Waals surface area contributed by atoms with Gasteiger partial charge in [0.2, 0.25) is 0 Å². The highest BCUT2D eigenvalue weighted by Gasteiger charge is 2.13. The van der Waals surface area contributed by atoms with E-state index in [0.29, 0.717) is 5.25 Å². The van der Waals surface area contributed by atoms with Crippen LogP contribution in [0.1, 0.15) is 5.56 Å². The normalized spacial score (nSPS) is 19.6. The van der Waals surface area contributed by atoms with Gasteiger partial charge in [0.15, 0.2) is 0 Å². The van der Waals surface area contributed by atoms with E-state index >= 15 is 0 Å². The number of benzene rings is 1. The molecule has 0 aliphatic carbocycles. The average molecular weight is 268 g/mol. The van der Waals surface area contributed by atoms with Crippen LogP contribution in [0.4, 0.5) is 10.1 Å². The Morgan fingerprint density at radius 3 is 3.00 bits per heavy atom. The van der Waals surface area contributed by atoms with Crippen LogP contribution in [0.3, 0.4) is 0 Å². The van der Waals surface area contributed by atoms with Crippen molar-refractivity contribution < 1.29 is 4.39 Å². The zero-order chi connectivity index (χ0) is 12.1. The third-order valence-corrected chi connectivity index (χ3v) is 5.35. The number of nitrogens with zero attached hydrogens (tertiary/aromatic N) is 1. The van der Waals surface area contributed by atoms with E-state index in [4.69, 9.17) is 5.26 Å². The van der Waals surface area contributed by atoms with Gasteiger partial charge in [-0.05, 0) is 18.2 Å². The van der Waals surface area contributed by atoms with Gasteiger partial charge in [0.05, 0.1) is 5.56 Å². The molecule has 0 aromatic heterocycles. The number of rotatable bonds is 3. The smallest absolute Gasteiger partial charge is 0.143 e. The van der Waals surface area contributed by atoms with E-state index in [1.165, 1.54) is 23.6 Å². The van der Waals surface area contributed by atoms with Gasteiger partial charge in [-0.2, -0.15) is 28.8 Å². The highest BCUT2D eigenvalue weighted by atomic mass is 32.2. The lowest BCUT2D eigenvalue weighted by molar-refractivity contribution is 0.624. The first-order valence-electron chi connectivity index (χ1n) is 5.42. The van der Waals surface area contributed by atoms with Crippen molar-refractivity contribution in [3.63, 3.8) is 0 Å². The number of nitriles is 1. The summed E-state index contributed by atoms with van der Waals surface area (Å²) in [5.74, 6) is 3.12. The number of halogens is 1. The van der Waals surface area contributed by atoms with Crippen LogP contribution in [0.5, 0.6) is 0 Å². The van der Waals surface area contributed by atoms with E-state index in [0.717, 1.165) is 18.0 Å². The topological polar surface area (TPSA) is 35.8 Å². The van der Waals surface area contributed by atoms with Gasteiger partial charge in [-0.1, -0.05) is 0 Å².